The summed E-state index contributed by atoms with van der Waals surface area (Å²) < 4.78 is 6.05. The molecule has 0 unspecified atom stereocenters. The van der Waals surface area contributed by atoms with Crippen molar-refractivity contribution in [1.82, 2.24) is 15.1 Å². The van der Waals surface area contributed by atoms with Crippen LogP contribution >= 0.6 is 0 Å². The lowest BCUT2D eigenvalue weighted by molar-refractivity contribution is 0.0732. The Morgan fingerprint density at radius 3 is 2.57 bits per heavy atom. The average Bonchev–Trinajstić information content (AvgIpc) is 3.39. The number of aliphatic hydroxyl groups is 1. The molecule has 3 aromatic carbocycles. The number of aliphatic hydroxyl groups excluding tert-OH is 1. The number of fused-ring (bicyclic) bond motifs is 1. The fourth-order valence-electron chi connectivity index (χ4n) is 4.73. The van der Waals surface area contributed by atoms with Crippen molar-refractivity contribution in [3.63, 3.8) is 0 Å². The number of aryl methyl sites for hydroxylation is 2. The third kappa shape index (κ3) is 4.15. The van der Waals surface area contributed by atoms with E-state index in [9.17, 15) is 15.0 Å². The van der Waals surface area contributed by atoms with Crippen molar-refractivity contribution in [2.24, 2.45) is 0 Å². The van der Waals surface area contributed by atoms with Gasteiger partial charge in [-0.2, -0.15) is 5.10 Å². The molecule has 1 aliphatic rings. The van der Waals surface area contributed by atoms with Crippen LogP contribution in [0.25, 0.3) is 11.3 Å². The number of H-pyrrole nitrogens is 1. The molecule has 35 heavy (non-hydrogen) atoms. The summed E-state index contributed by atoms with van der Waals surface area (Å²) in [6.07, 6.45) is 0.449. The maximum absolute atomic E-state index is 13.4. The molecule has 0 saturated heterocycles. The molecule has 7 nitrogen and oxygen atoms in total. The van der Waals surface area contributed by atoms with Crippen LogP contribution in [0.2, 0.25) is 0 Å². The minimum Gasteiger partial charge on any atom is -0.507 e. The van der Waals surface area contributed by atoms with Gasteiger partial charge >= 0.3 is 0 Å². The van der Waals surface area contributed by atoms with E-state index in [0.29, 0.717) is 47.0 Å². The molecule has 0 bridgehead atoms. The van der Waals surface area contributed by atoms with Gasteiger partial charge < -0.3 is 19.8 Å². The summed E-state index contributed by atoms with van der Waals surface area (Å²) in [4.78, 5) is 15.1. The van der Waals surface area contributed by atoms with E-state index in [1.165, 1.54) is 0 Å². The highest BCUT2D eigenvalue weighted by Gasteiger charge is 2.42. The Labute approximate surface area is 203 Å². The molecule has 1 amide bonds. The predicted molar refractivity (Wildman–Crippen MR) is 133 cm³/mol. The first-order chi connectivity index (χ1) is 17.0. The number of carbonyl (C=O) groups is 1. The summed E-state index contributed by atoms with van der Waals surface area (Å²) in [5.74, 6) is 1.33. The largest absolute Gasteiger partial charge is 0.507 e. The molecule has 1 aromatic heterocycles. The summed E-state index contributed by atoms with van der Waals surface area (Å²) >= 11 is 0. The fourth-order valence-corrected chi connectivity index (χ4v) is 4.73. The van der Waals surface area contributed by atoms with Crippen LogP contribution < -0.4 is 4.74 Å². The van der Waals surface area contributed by atoms with Gasteiger partial charge in [0.05, 0.1) is 6.04 Å². The number of carbonyl (C=O) groups excluding carboxylic acids is 1. The van der Waals surface area contributed by atoms with Crippen LogP contribution in [0.3, 0.4) is 0 Å². The van der Waals surface area contributed by atoms with E-state index in [2.05, 4.69) is 10.2 Å². The number of nitrogens with one attached hydrogen (secondary N) is 1. The Morgan fingerprint density at radius 2 is 1.80 bits per heavy atom. The van der Waals surface area contributed by atoms with Gasteiger partial charge in [0.15, 0.2) is 0 Å². The first kappa shape index (κ1) is 22.7. The zero-order chi connectivity index (χ0) is 24.5. The van der Waals surface area contributed by atoms with Crippen molar-refractivity contribution in [3.05, 3.63) is 94.7 Å². The fraction of sp³-hybridized carbons (Fsp3) is 0.214. The zero-order valence-electron chi connectivity index (χ0n) is 19.7. The molecule has 2 heterocycles. The second-order valence-electron chi connectivity index (χ2n) is 8.80. The Morgan fingerprint density at radius 1 is 1.03 bits per heavy atom. The smallest absolute Gasteiger partial charge is 0.273 e. The first-order valence-corrected chi connectivity index (χ1v) is 11.6. The Bertz CT molecular complexity index is 1380. The van der Waals surface area contributed by atoms with Gasteiger partial charge in [0.25, 0.3) is 5.91 Å². The molecule has 0 fully saturated rings. The van der Waals surface area contributed by atoms with Crippen LogP contribution in [0.1, 0.15) is 45.2 Å². The number of phenols is 1. The minimum absolute atomic E-state index is 0.0233. The number of hydrogen-bond acceptors (Lipinski definition) is 5. The maximum atomic E-state index is 13.4. The highest BCUT2D eigenvalue weighted by molar-refractivity contribution is 6.00. The lowest BCUT2D eigenvalue weighted by Crippen LogP contribution is -2.31. The molecule has 1 aliphatic heterocycles. The molecule has 0 radical (unpaired) electrons. The van der Waals surface area contributed by atoms with E-state index < -0.39 is 6.04 Å². The lowest BCUT2D eigenvalue weighted by atomic mass is 9.94. The van der Waals surface area contributed by atoms with E-state index in [1.54, 1.807) is 4.90 Å². The number of para-hydroxylation sites is 1. The summed E-state index contributed by atoms with van der Waals surface area (Å²) in [5, 5.41) is 27.7. The molecule has 178 valence electrons. The molecule has 5 rings (SSSR count). The molecule has 0 saturated carbocycles. The van der Waals surface area contributed by atoms with E-state index in [0.717, 1.165) is 16.7 Å². The van der Waals surface area contributed by atoms with Gasteiger partial charge in [-0.25, -0.2) is 0 Å². The van der Waals surface area contributed by atoms with E-state index in [4.69, 9.17) is 4.74 Å². The number of aromatic nitrogens is 2. The normalized spacial score (nSPS) is 14.9. The topological polar surface area (TPSA) is 98.7 Å². The molecule has 3 N–H and O–H groups in total. The second kappa shape index (κ2) is 9.27. The van der Waals surface area contributed by atoms with E-state index >= 15 is 0 Å². The van der Waals surface area contributed by atoms with Crippen molar-refractivity contribution >= 4 is 5.91 Å². The van der Waals surface area contributed by atoms with Gasteiger partial charge in [0, 0.05) is 24.3 Å². The predicted octanol–water partition coefficient (Wildman–Crippen LogP) is 5.12. The average molecular weight is 470 g/mol. The standard InChI is InChI=1S/C28H27N3O4/c1-17-14-18(2)27(33)22(15-17)24-23-25(30-29-24)28(34)31(12-7-13-32)26(23)19-8-6-11-21(16-19)35-20-9-4-3-5-10-20/h3-6,8-11,14-16,26,32-33H,7,12-13H2,1-2H3,(H,29,30)/t26-/m1/s1. The number of rotatable bonds is 7. The number of hydrogen-bond donors (Lipinski definition) is 3. The van der Waals surface area contributed by atoms with Crippen molar-refractivity contribution in [2.45, 2.75) is 26.3 Å². The highest BCUT2D eigenvalue weighted by atomic mass is 16.5. The first-order valence-electron chi connectivity index (χ1n) is 11.6. The van der Waals surface area contributed by atoms with Crippen LogP contribution in [0, 0.1) is 13.8 Å². The number of phenolic OH excluding ortho intramolecular Hbond substituents is 1. The van der Waals surface area contributed by atoms with Gasteiger partial charge in [-0.05, 0) is 67.3 Å². The van der Waals surface area contributed by atoms with Gasteiger partial charge in [0.1, 0.15) is 28.6 Å². The van der Waals surface area contributed by atoms with E-state index in [-0.39, 0.29) is 18.3 Å². The molecular weight excluding hydrogens is 442 g/mol. The van der Waals surface area contributed by atoms with E-state index in [1.807, 2.05) is 80.6 Å². The minimum atomic E-state index is -0.447. The SMILES string of the molecule is Cc1cc(C)c(O)c(-c2n[nH]c3c2[C@@H](c2cccc(Oc4ccccc4)c2)N(CCCO)C3=O)c1. The van der Waals surface area contributed by atoms with Crippen molar-refractivity contribution in [2.75, 3.05) is 13.2 Å². The quantitative estimate of drug-likeness (QED) is 0.349. The van der Waals surface area contributed by atoms with Crippen molar-refractivity contribution in [1.29, 1.82) is 0 Å². The van der Waals surface area contributed by atoms with Gasteiger partial charge in [0.2, 0.25) is 0 Å². The van der Waals surface area contributed by atoms with Crippen LogP contribution in [-0.2, 0) is 0 Å². The molecular formula is C28H27N3O4. The van der Waals surface area contributed by atoms with Gasteiger partial charge in [-0.3, -0.25) is 9.89 Å². The Kier molecular flexibility index (Phi) is 6.01. The molecule has 0 aliphatic carbocycles. The third-order valence-corrected chi connectivity index (χ3v) is 6.27. The van der Waals surface area contributed by atoms with Crippen LogP contribution in [-0.4, -0.2) is 44.4 Å². The summed E-state index contributed by atoms with van der Waals surface area (Å²) in [6.45, 7) is 4.16. The number of aromatic amines is 1. The van der Waals surface area contributed by atoms with Crippen molar-refractivity contribution < 1.29 is 19.7 Å². The number of ether oxygens (including phenoxy) is 1. The lowest BCUT2D eigenvalue weighted by Gasteiger charge is -2.26. The zero-order valence-corrected chi connectivity index (χ0v) is 19.7. The third-order valence-electron chi connectivity index (χ3n) is 6.27. The molecule has 1 atom stereocenters. The number of benzene rings is 3. The maximum Gasteiger partial charge on any atom is 0.273 e. The van der Waals surface area contributed by atoms with Crippen LogP contribution in [0.5, 0.6) is 17.2 Å². The summed E-state index contributed by atoms with van der Waals surface area (Å²) in [7, 11) is 0. The van der Waals surface area contributed by atoms with Crippen molar-refractivity contribution in [3.8, 4) is 28.5 Å². The van der Waals surface area contributed by atoms with Crippen LogP contribution in [0.4, 0.5) is 0 Å². The molecule has 4 aromatic rings. The van der Waals surface area contributed by atoms with Gasteiger partial charge in [-0.15, -0.1) is 0 Å². The monoisotopic (exact) mass is 469 g/mol. The number of aromatic hydroxyl groups is 1. The Balaban J connectivity index is 1.63. The van der Waals surface area contributed by atoms with Gasteiger partial charge in [-0.1, -0.05) is 36.4 Å². The summed E-state index contributed by atoms with van der Waals surface area (Å²) in [6, 6.07) is 20.5. The number of amides is 1. The molecule has 7 heteroatoms. The molecule has 0 spiro atoms. The Hall–Kier alpha value is -4.10. The van der Waals surface area contributed by atoms with Crippen LogP contribution in [0.15, 0.2) is 66.7 Å². The highest BCUT2D eigenvalue weighted by Crippen LogP contribution is 2.45. The second-order valence-corrected chi connectivity index (χ2v) is 8.80. The number of nitrogens with zero attached hydrogens (tertiary/aromatic N) is 2. The summed E-state index contributed by atoms with van der Waals surface area (Å²) in [5.41, 5.74) is 4.83.